The molecule has 4 nitrogen and oxygen atoms in total. The molecule has 1 aliphatic heterocycles. The molecule has 0 aromatic heterocycles. The second-order valence-electron chi connectivity index (χ2n) is 5.89. The van der Waals surface area contributed by atoms with Crippen LogP contribution in [0.3, 0.4) is 0 Å². The summed E-state index contributed by atoms with van der Waals surface area (Å²) in [4.78, 5) is 11.3. The van der Waals surface area contributed by atoms with Crippen molar-refractivity contribution >= 4 is 5.97 Å². The van der Waals surface area contributed by atoms with Gasteiger partial charge < -0.3 is 14.2 Å². The first kappa shape index (κ1) is 18.5. The summed E-state index contributed by atoms with van der Waals surface area (Å²) < 4.78 is 16.5. The average molecular weight is 306 g/mol. The van der Waals surface area contributed by atoms with Crippen molar-refractivity contribution in [3.05, 3.63) is 23.8 Å². The Morgan fingerprint density at radius 2 is 2.05 bits per heavy atom. The highest BCUT2D eigenvalue weighted by Crippen LogP contribution is 2.32. The van der Waals surface area contributed by atoms with Gasteiger partial charge in [-0.25, -0.2) is 4.79 Å². The smallest absolute Gasteiger partial charge is 0.330 e. The zero-order valence-corrected chi connectivity index (χ0v) is 14.1. The van der Waals surface area contributed by atoms with Crippen LogP contribution in [0.1, 0.15) is 41.0 Å². The van der Waals surface area contributed by atoms with Crippen LogP contribution in [0.25, 0.3) is 0 Å². The molecule has 1 rings (SSSR count). The first-order chi connectivity index (χ1) is 10.3. The summed E-state index contributed by atoms with van der Waals surface area (Å²) >= 11 is 0. The highest BCUT2D eigenvalue weighted by Gasteiger charge is 2.39. The first-order valence-electron chi connectivity index (χ1n) is 7.62. The van der Waals surface area contributed by atoms with Gasteiger partial charge in [0, 0.05) is 12.0 Å². The van der Waals surface area contributed by atoms with E-state index >= 15 is 0 Å². The Labute approximate surface area is 133 Å². The van der Waals surface area contributed by atoms with E-state index in [9.17, 15) is 4.79 Å². The number of rotatable bonds is 5. The molecule has 0 unspecified atom stereocenters. The van der Waals surface area contributed by atoms with Crippen LogP contribution < -0.4 is 0 Å². The molecular weight excluding hydrogens is 280 g/mol. The van der Waals surface area contributed by atoms with Crippen LogP contribution in [-0.4, -0.2) is 30.6 Å². The van der Waals surface area contributed by atoms with Gasteiger partial charge in [-0.1, -0.05) is 30.6 Å². The molecule has 1 saturated heterocycles. The van der Waals surface area contributed by atoms with E-state index in [0.717, 1.165) is 5.57 Å². The molecule has 0 saturated carbocycles. The fraction of sp³-hybridized carbons (Fsp3) is 0.611. The molecule has 0 spiro atoms. The lowest BCUT2D eigenvalue weighted by Gasteiger charge is -2.43. The van der Waals surface area contributed by atoms with Crippen LogP contribution >= 0.6 is 0 Å². The summed E-state index contributed by atoms with van der Waals surface area (Å²) in [5.41, 5.74) is 0.977. The first-order valence-corrected chi connectivity index (χ1v) is 7.62. The van der Waals surface area contributed by atoms with Crippen molar-refractivity contribution in [3.63, 3.8) is 0 Å². The van der Waals surface area contributed by atoms with Crippen molar-refractivity contribution < 1.29 is 19.0 Å². The van der Waals surface area contributed by atoms with Gasteiger partial charge >= 0.3 is 5.97 Å². The molecule has 0 aliphatic carbocycles. The van der Waals surface area contributed by atoms with Gasteiger partial charge in [0.05, 0.1) is 12.7 Å². The quantitative estimate of drug-likeness (QED) is 0.338. The van der Waals surface area contributed by atoms with Crippen LogP contribution in [-0.2, 0) is 19.0 Å². The van der Waals surface area contributed by atoms with Gasteiger partial charge in [-0.05, 0) is 34.1 Å². The van der Waals surface area contributed by atoms with Crippen LogP contribution in [0.2, 0.25) is 0 Å². The minimum atomic E-state index is -0.684. The van der Waals surface area contributed by atoms with Crippen molar-refractivity contribution in [3.8, 4) is 12.3 Å². The number of allylic oxidation sites excluding steroid dienone is 2. The van der Waals surface area contributed by atoms with Crippen molar-refractivity contribution in [2.75, 3.05) is 6.61 Å². The molecule has 0 aromatic rings. The van der Waals surface area contributed by atoms with Gasteiger partial charge in [-0.3, -0.25) is 0 Å². The van der Waals surface area contributed by atoms with Crippen molar-refractivity contribution in [1.29, 1.82) is 0 Å². The van der Waals surface area contributed by atoms with E-state index in [1.165, 1.54) is 6.08 Å². The Kier molecular flexibility index (Phi) is 6.86. The van der Waals surface area contributed by atoms with E-state index in [1.807, 2.05) is 33.8 Å². The lowest BCUT2D eigenvalue weighted by atomic mass is 9.93. The van der Waals surface area contributed by atoms with E-state index < -0.39 is 5.79 Å². The third-order valence-electron chi connectivity index (χ3n) is 3.52. The molecule has 0 radical (unpaired) electrons. The topological polar surface area (TPSA) is 44.8 Å². The molecule has 122 valence electrons. The Bertz CT molecular complexity index is 482. The monoisotopic (exact) mass is 306 g/mol. The molecule has 0 bridgehead atoms. The number of hydrogen-bond donors (Lipinski definition) is 0. The number of carbonyl (C=O) groups is 1. The number of ether oxygens (including phenoxy) is 3. The summed E-state index contributed by atoms with van der Waals surface area (Å²) in [7, 11) is 0. The standard InChI is InChI=1S/C18H26O4/c1-7-15-14(4)16(22-18(5,6)21-15)11-9-13(3)10-12-17(19)20-8-2/h1,9-10,12,14-16H,8,11H2,2-6H3/b12-10+,13-9+/t14-,15+,16-/m0/s1. The molecule has 3 atom stereocenters. The highest BCUT2D eigenvalue weighted by molar-refractivity contribution is 5.82. The Morgan fingerprint density at radius 3 is 2.64 bits per heavy atom. The summed E-state index contributed by atoms with van der Waals surface area (Å²) in [6.45, 7) is 9.86. The Morgan fingerprint density at radius 1 is 1.36 bits per heavy atom. The largest absolute Gasteiger partial charge is 0.463 e. The fourth-order valence-electron chi connectivity index (χ4n) is 2.32. The van der Waals surface area contributed by atoms with Crippen molar-refractivity contribution in [2.45, 2.75) is 59.0 Å². The summed E-state index contributed by atoms with van der Waals surface area (Å²) in [5.74, 6) is 1.77. The van der Waals surface area contributed by atoms with Crippen LogP contribution in [0, 0.1) is 18.3 Å². The molecule has 0 aromatic carbocycles. The second kappa shape index (κ2) is 8.17. The maximum Gasteiger partial charge on any atom is 0.330 e. The molecule has 1 aliphatic rings. The van der Waals surface area contributed by atoms with Gasteiger partial charge in [-0.2, -0.15) is 0 Å². The predicted molar refractivity (Wildman–Crippen MR) is 86.0 cm³/mol. The normalized spacial score (nSPS) is 28.4. The molecule has 1 fully saturated rings. The maximum atomic E-state index is 11.3. The van der Waals surface area contributed by atoms with E-state index in [1.54, 1.807) is 13.0 Å². The molecule has 4 heteroatoms. The zero-order chi connectivity index (χ0) is 16.8. The summed E-state index contributed by atoms with van der Waals surface area (Å²) in [5, 5.41) is 0. The number of hydrogen-bond acceptors (Lipinski definition) is 4. The number of esters is 1. The van der Waals surface area contributed by atoms with Crippen LogP contribution in [0.5, 0.6) is 0 Å². The zero-order valence-electron chi connectivity index (χ0n) is 14.1. The summed E-state index contributed by atoms with van der Waals surface area (Å²) in [6, 6.07) is 0. The van der Waals surface area contributed by atoms with Gasteiger partial charge in [0.2, 0.25) is 0 Å². The molecule has 1 heterocycles. The SMILES string of the molecule is C#C[C@H]1OC(C)(C)O[C@@H](C/C=C(C)/C=C/C(=O)OCC)[C@H]1C. The fourth-order valence-corrected chi connectivity index (χ4v) is 2.32. The predicted octanol–water partition coefficient (Wildman–Crippen LogP) is 3.23. The van der Waals surface area contributed by atoms with Crippen molar-refractivity contribution in [2.24, 2.45) is 5.92 Å². The third kappa shape index (κ3) is 5.67. The summed E-state index contributed by atoms with van der Waals surface area (Å²) in [6.07, 6.45) is 11.2. The van der Waals surface area contributed by atoms with Crippen LogP contribution in [0.4, 0.5) is 0 Å². The third-order valence-corrected chi connectivity index (χ3v) is 3.52. The van der Waals surface area contributed by atoms with E-state index in [0.29, 0.717) is 13.0 Å². The molecule has 0 amide bonds. The minimum absolute atomic E-state index is 0.0178. The lowest BCUT2D eigenvalue weighted by Crippen LogP contribution is -2.49. The molecule has 22 heavy (non-hydrogen) atoms. The maximum absolute atomic E-state index is 11.3. The Balaban J connectivity index is 2.66. The van der Waals surface area contributed by atoms with Gasteiger partial charge in [0.25, 0.3) is 0 Å². The van der Waals surface area contributed by atoms with Crippen LogP contribution in [0.15, 0.2) is 23.8 Å². The number of carbonyl (C=O) groups excluding carboxylic acids is 1. The van der Waals surface area contributed by atoms with E-state index in [4.69, 9.17) is 20.6 Å². The molecule has 0 N–H and O–H groups in total. The Hall–Kier alpha value is -1.57. The second-order valence-corrected chi connectivity index (χ2v) is 5.89. The average Bonchev–Trinajstić information content (AvgIpc) is 2.45. The highest BCUT2D eigenvalue weighted by atomic mass is 16.7. The van der Waals surface area contributed by atoms with E-state index in [-0.39, 0.29) is 24.1 Å². The van der Waals surface area contributed by atoms with Gasteiger partial charge in [0.15, 0.2) is 5.79 Å². The van der Waals surface area contributed by atoms with Crippen molar-refractivity contribution in [1.82, 2.24) is 0 Å². The van der Waals surface area contributed by atoms with Gasteiger partial charge in [-0.15, -0.1) is 6.42 Å². The minimum Gasteiger partial charge on any atom is -0.463 e. The van der Waals surface area contributed by atoms with Gasteiger partial charge in [0.1, 0.15) is 6.10 Å². The molecular formula is C18H26O4. The number of terminal acetylenes is 1. The van der Waals surface area contributed by atoms with E-state index in [2.05, 4.69) is 5.92 Å². The lowest BCUT2D eigenvalue weighted by molar-refractivity contribution is -0.306.